The van der Waals surface area contributed by atoms with Crippen LogP contribution in [0, 0.1) is 6.92 Å². The number of rotatable bonds is 5. The lowest BCUT2D eigenvalue weighted by Crippen LogP contribution is -2.44. The quantitative estimate of drug-likeness (QED) is 0.516. The van der Waals surface area contributed by atoms with Crippen molar-refractivity contribution in [2.75, 3.05) is 25.0 Å². The first-order chi connectivity index (χ1) is 14.2. The van der Waals surface area contributed by atoms with Gasteiger partial charge in [0, 0.05) is 37.4 Å². The van der Waals surface area contributed by atoms with E-state index in [-0.39, 0.29) is 0 Å². The van der Waals surface area contributed by atoms with Gasteiger partial charge in [-0.2, -0.15) is 0 Å². The zero-order valence-corrected chi connectivity index (χ0v) is 16.9. The highest BCUT2D eigenvalue weighted by molar-refractivity contribution is 5.80. The number of guanidine groups is 1. The van der Waals surface area contributed by atoms with Crippen LogP contribution in [0.4, 0.5) is 5.69 Å². The van der Waals surface area contributed by atoms with E-state index in [1.165, 1.54) is 11.3 Å². The predicted molar refractivity (Wildman–Crippen MR) is 117 cm³/mol. The van der Waals surface area contributed by atoms with Crippen molar-refractivity contribution < 1.29 is 4.42 Å². The van der Waals surface area contributed by atoms with Gasteiger partial charge in [-0.15, -0.1) is 0 Å². The van der Waals surface area contributed by atoms with Gasteiger partial charge < -0.3 is 20.0 Å². The molecule has 2 aromatic carbocycles. The Morgan fingerprint density at radius 1 is 1.17 bits per heavy atom. The van der Waals surface area contributed by atoms with Crippen LogP contribution in [0.25, 0.3) is 11.3 Å². The van der Waals surface area contributed by atoms with Gasteiger partial charge in [-0.3, -0.25) is 4.99 Å². The van der Waals surface area contributed by atoms with Crippen LogP contribution in [0.15, 0.2) is 70.2 Å². The van der Waals surface area contributed by atoms with Crippen molar-refractivity contribution >= 4 is 11.6 Å². The van der Waals surface area contributed by atoms with Gasteiger partial charge in [0.05, 0.1) is 12.7 Å². The van der Waals surface area contributed by atoms with Crippen molar-refractivity contribution in [3.8, 4) is 11.3 Å². The van der Waals surface area contributed by atoms with E-state index in [0.717, 1.165) is 36.8 Å². The molecule has 2 N–H and O–H groups in total. The van der Waals surface area contributed by atoms with Crippen molar-refractivity contribution in [1.82, 2.24) is 15.6 Å². The molecule has 3 aromatic rings. The molecule has 1 atom stereocenters. The van der Waals surface area contributed by atoms with Gasteiger partial charge in [-0.1, -0.05) is 48.0 Å². The molecule has 0 bridgehead atoms. The Morgan fingerprint density at radius 3 is 2.72 bits per heavy atom. The fraction of sp³-hybridized carbons (Fsp3) is 0.304. The van der Waals surface area contributed by atoms with Crippen molar-refractivity contribution in [3.05, 3.63) is 72.2 Å². The maximum Gasteiger partial charge on any atom is 0.214 e. The zero-order chi connectivity index (χ0) is 20.1. The smallest absolute Gasteiger partial charge is 0.214 e. The first kappa shape index (κ1) is 19.1. The molecule has 1 aromatic heterocycles. The van der Waals surface area contributed by atoms with Gasteiger partial charge in [0.2, 0.25) is 5.89 Å². The average Bonchev–Trinajstić information content (AvgIpc) is 3.42. The Hall–Kier alpha value is -3.28. The van der Waals surface area contributed by atoms with E-state index in [2.05, 4.69) is 68.8 Å². The Bertz CT molecular complexity index is 949. The number of anilines is 1. The van der Waals surface area contributed by atoms with Crippen LogP contribution in [0.2, 0.25) is 0 Å². The molecule has 1 fully saturated rings. The van der Waals surface area contributed by atoms with Crippen LogP contribution in [0.1, 0.15) is 17.9 Å². The number of hydrogen-bond acceptors (Lipinski definition) is 4. The summed E-state index contributed by atoms with van der Waals surface area (Å²) in [7, 11) is 1.78. The average molecular weight is 390 g/mol. The fourth-order valence-corrected chi connectivity index (χ4v) is 3.54. The molecule has 0 spiro atoms. The molecular formula is C23H27N5O. The van der Waals surface area contributed by atoms with Crippen LogP contribution in [-0.4, -0.2) is 37.1 Å². The van der Waals surface area contributed by atoms with Gasteiger partial charge >= 0.3 is 0 Å². The first-order valence-electron chi connectivity index (χ1n) is 10.00. The minimum atomic E-state index is 0.356. The molecule has 1 aliphatic heterocycles. The van der Waals surface area contributed by atoms with Crippen molar-refractivity contribution in [3.63, 3.8) is 0 Å². The van der Waals surface area contributed by atoms with Crippen LogP contribution in [0.3, 0.4) is 0 Å². The third-order valence-electron chi connectivity index (χ3n) is 5.17. The molecule has 6 nitrogen and oxygen atoms in total. The number of aliphatic imine (C=N–C) groups is 1. The normalized spacial score (nSPS) is 16.8. The number of hydrogen-bond donors (Lipinski definition) is 2. The second kappa shape index (κ2) is 8.82. The summed E-state index contributed by atoms with van der Waals surface area (Å²) in [5.41, 5.74) is 3.52. The second-order valence-corrected chi connectivity index (χ2v) is 7.32. The maximum atomic E-state index is 5.88. The monoisotopic (exact) mass is 389 g/mol. The molecule has 1 unspecified atom stereocenters. The summed E-state index contributed by atoms with van der Waals surface area (Å²) in [5.74, 6) is 2.18. The largest absolute Gasteiger partial charge is 0.439 e. The van der Waals surface area contributed by atoms with Gasteiger partial charge in [-0.25, -0.2) is 4.98 Å². The minimum absolute atomic E-state index is 0.356. The molecule has 150 valence electrons. The molecule has 2 heterocycles. The van der Waals surface area contributed by atoms with Gasteiger partial charge in [0.25, 0.3) is 0 Å². The van der Waals surface area contributed by atoms with Crippen molar-refractivity contribution in [2.45, 2.75) is 25.9 Å². The Kier molecular flexibility index (Phi) is 5.79. The van der Waals surface area contributed by atoms with Crippen LogP contribution in [0.5, 0.6) is 0 Å². The molecule has 0 radical (unpaired) electrons. The lowest BCUT2D eigenvalue weighted by Gasteiger charge is -2.20. The lowest BCUT2D eigenvalue weighted by molar-refractivity contribution is 0.496. The van der Waals surface area contributed by atoms with Crippen molar-refractivity contribution in [2.24, 2.45) is 4.99 Å². The summed E-state index contributed by atoms with van der Waals surface area (Å²) in [6.45, 7) is 4.56. The molecule has 1 saturated heterocycles. The van der Waals surface area contributed by atoms with E-state index in [9.17, 15) is 0 Å². The molecule has 29 heavy (non-hydrogen) atoms. The van der Waals surface area contributed by atoms with E-state index < -0.39 is 0 Å². The topological polar surface area (TPSA) is 65.7 Å². The van der Waals surface area contributed by atoms with E-state index in [0.29, 0.717) is 18.5 Å². The second-order valence-electron chi connectivity index (χ2n) is 7.32. The summed E-state index contributed by atoms with van der Waals surface area (Å²) >= 11 is 0. The number of nitrogens with one attached hydrogen (secondary N) is 2. The van der Waals surface area contributed by atoms with Gasteiger partial charge in [0.1, 0.15) is 0 Å². The number of aromatic nitrogens is 1. The third kappa shape index (κ3) is 4.77. The Labute approximate surface area is 171 Å². The van der Waals surface area contributed by atoms with E-state index in [4.69, 9.17) is 4.42 Å². The summed E-state index contributed by atoms with van der Waals surface area (Å²) in [5, 5.41) is 6.81. The zero-order valence-electron chi connectivity index (χ0n) is 16.9. The predicted octanol–water partition coefficient (Wildman–Crippen LogP) is 3.59. The van der Waals surface area contributed by atoms with Crippen molar-refractivity contribution in [1.29, 1.82) is 0 Å². The van der Waals surface area contributed by atoms with E-state index >= 15 is 0 Å². The molecule has 0 aliphatic carbocycles. The lowest BCUT2D eigenvalue weighted by atomic mass is 10.1. The van der Waals surface area contributed by atoms with Crippen LogP contribution in [-0.2, 0) is 6.54 Å². The van der Waals surface area contributed by atoms with Gasteiger partial charge in [0.15, 0.2) is 11.7 Å². The number of oxazole rings is 1. The summed E-state index contributed by atoms with van der Waals surface area (Å²) in [6.07, 6.45) is 2.85. The molecule has 0 saturated carbocycles. The minimum Gasteiger partial charge on any atom is -0.439 e. The SMILES string of the molecule is CN=C(NCc1ncc(-c2ccc(C)cc2)o1)NC1CCN(c2ccccc2)C1. The first-order valence-corrected chi connectivity index (χ1v) is 10.00. The van der Waals surface area contributed by atoms with Crippen LogP contribution >= 0.6 is 0 Å². The van der Waals surface area contributed by atoms with E-state index in [1.54, 1.807) is 13.2 Å². The van der Waals surface area contributed by atoms with Crippen LogP contribution < -0.4 is 15.5 Å². The maximum absolute atomic E-state index is 5.88. The molecule has 4 rings (SSSR count). The molecule has 6 heteroatoms. The van der Waals surface area contributed by atoms with Gasteiger partial charge in [-0.05, 0) is 25.5 Å². The third-order valence-corrected chi connectivity index (χ3v) is 5.17. The molecular weight excluding hydrogens is 362 g/mol. The summed E-state index contributed by atoms with van der Waals surface area (Å²) in [6, 6.07) is 19.1. The Balaban J connectivity index is 1.30. The highest BCUT2D eigenvalue weighted by Crippen LogP contribution is 2.21. The highest BCUT2D eigenvalue weighted by Gasteiger charge is 2.23. The number of para-hydroxylation sites is 1. The molecule has 1 aliphatic rings. The highest BCUT2D eigenvalue weighted by atomic mass is 16.4. The fourth-order valence-electron chi connectivity index (χ4n) is 3.54. The summed E-state index contributed by atoms with van der Waals surface area (Å²) < 4.78 is 5.88. The van der Waals surface area contributed by atoms with E-state index in [1.807, 2.05) is 18.2 Å². The summed E-state index contributed by atoms with van der Waals surface area (Å²) in [4.78, 5) is 11.1. The Morgan fingerprint density at radius 2 is 1.97 bits per heavy atom. The number of benzene rings is 2. The standard InChI is InChI=1S/C23H27N5O/c1-17-8-10-18(11-9-17)21-14-25-22(29-21)15-26-23(24-2)27-19-12-13-28(16-19)20-6-4-3-5-7-20/h3-11,14,19H,12-13,15-16H2,1-2H3,(H2,24,26,27). The molecule has 0 amide bonds. The number of nitrogens with zero attached hydrogens (tertiary/aromatic N) is 3. The number of aryl methyl sites for hydroxylation is 1.